The molecular weight excluding hydrogens is 347 g/mol. The molecule has 2 aromatic rings. The van der Waals surface area contributed by atoms with Crippen LogP contribution in [0.15, 0.2) is 36.4 Å². The maximum absolute atomic E-state index is 14.0. The van der Waals surface area contributed by atoms with Crippen LogP contribution in [0.5, 0.6) is 11.5 Å². The van der Waals surface area contributed by atoms with Crippen LogP contribution in [-0.4, -0.2) is 43.8 Å². The van der Waals surface area contributed by atoms with Crippen LogP contribution in [0.4, 0.5) is 10.1 Å². The molecule has 2 aromatic carbocycles. The number of carbonyl (C=O) groups is 1. The van der Waals surface area contributed by atoms with Gasteiger partial charge in [-0.2, -0.15) is 0 Å². The van der Waals surface area contributed by atoms with E-state index in [2.05, 4.69) is 4.90 Å². The lowest BCUT2D eigenvalue weighted by molar-refractivity contribution is 0.0742. The number of carbonyl (C=O) groups excluding carboxylic acids is 1. The Bertz CT molecular complexity index is 802. The number of benzene rings is 2. The zero-order valence-electron chi connectivity index (χ0n) is 13.4. The lowest BCUT2D eigenvalue weighted by atomic mass is 10.1. The molecule has 0 aromatic heterocycles. The highest BCUT2D eigenvalue weighted by Gasteiger charge is 2.26. The highest BCUT2D eigenvalue weighted by Crippen LogP contribution is 2.35. The number of rotatable bonds is 2. The first-order valence-corrected chi connectivity index (χ1v) is 8.39. The molecule has 25 heavy (non-hydrogen) atoms. The van der Waals surface area contributed by atoms with E-state index in [1.54, 1.807) is 4.90 Å². The van der Waals surface area contributed by atoms with Gasteiger partial charge in [0, 0.05) is 37.9 Å². The Morgan fingerprint density at radius 2 is 1.80 bits per heavy atom. The highest BCUT2D eigenvalue weighted by molar-refractivity contribution is 6.33. The van der Waals surface area contributed by atoms with Crippen LogP contribution >= 0.6 is 11.6 Å². The third kappa shape index (κ3) is 2.98. The zero-order chi connectivity index (χ0) is 17.4. The predicted octanol–water partition coefficient (Wildman–Crippen LogP) is 3.17. The first kappa shape index (κ1) is 16.0. The minimum Gasteiger partial charge on any atom is -0.454 e. The summed E-state index contributed by atoms with van der Waals surface area (Å²) in [5, 5.41) is 0.142. The van der Waals surface area contributed by atoms with Crippen molar-refractivity contribution in [2.45, 2.75) is 0 Å². The maximum atomic E-state index is 14.0. The van der Waals surface area contributed by atoms with Gasteiger partial charge in [0.25, 0.3) is 5.91 Å². The molecule has 0 saturated carbocycles. The van der Waals surface area contributed by atoms with Crippen LogP contribution in [-0.2, 0) is 0 Å². The second kappa shape index (κ2) is 6.44. The van der Waals surface area contributed by atoms with Gasteiger partial charge in [-0.3, -0.25) is 4.79 Å². The van der Waals surface area contributed by atoms with Gasteiger partial charge in [0.15, 0.2) is 11.5 Å². The van der Waals surface area contributed by atoms with Gasteiger partial charge in [-0.1, -0.05) is 17.7 Å². The second-order valence-corrected chi connectivity index (χ2v) is 6.32. The van der Waals surface area contributed by atoms with Crippen LogP contribution in [0.1, 0.15) is 10.4 Å². The molecule has 0 unspecified atom stereocenters. The summed E-state index contributed by atoms with van der Waals surface area (Å²) in [5.74, 6) is 0.519. The predicted molar refractivity (Wildman–Crippen MR) is 92.1 cm³/mol. The summed E-state index contributed by atoms with van der Waals surface area (Å²) < 4.78 is 24.7. The topological polar surface area (TPSA) is 42.0 Å². The van der Waals surface area contributed by atoms with Gasteiger partial charge in [0.05, 0.1) is 10.6 Å². The molecule has 0 N–H and O–H groups in total. The molecule has 2 aliphatic rings. The van der Waals surface area contributed by atoms with Crippen molar-refractivity contribution < 1.29 is 18.7 Å². The number of nitrogens with zero attached hydrogens (tertiary/aromatic N) is 2. The van der Waals surface area contributed by atoms with E-state index in [1.165, 1.54) is 18.2 Å². The standard InChI is InChI=1S/C18H16ClFN2O3/c19-13-2-1-3-14(20)17(13)18(23)22-8-6-21(7-9-22)12-4-5-15-16(10-12)25-11-24-15/h1-5,10H,6-9,11H2. The van der Waals surface area contributed by atoms with E-state index < -0.39 is 5.82 Å². The third-order valence-electron chi connectivity index (χ3n) is 4.46. The quantitative estimate of drug-likeness (QED) is 0.823. The van der Waals surface area contributed by atoms with Crippen molar-refractivity contribution in [2.24, 2.45) is 0 Å². The molecule has 7 heteroatoms. The Hall–Kier alpha value is -2.47. The lowest BCUT2D eigenvalue weighted by Crippen LogP contribution is -2.49. The fourth-order valence-corrected chi connectivity index (χ4v) is 3.35. The Kier molecular flexibility index (Phi) is 4.13. The number of hydrogen-bond acceptors (Lipinski definition) is 4. The van der Waals surface area contributed by atoms with Crippen LogP contribution in [0.2, 0.25) is 5.02 Å². The number of hydrogen-bond donors (Lipinski definition) is 0. The summed E-state index contributed by atoms with van der Waals surface area (Å²) in [7, 11) is 0. The van der Waals surface area contributed by atoms with Crippen molar-refractivity contribution in [1.29, 1.82) is 0 Å². The first-order chi connectivity index (χ1) is 12.1. The second-order valence-electron chi connectivity index (χ2n) is 5.91. The molecule has 1 fully saturated rings. The average Bonchev–Trinajstić information content (AvgIpc) is 3.09. The SMILES string of the molecule is O=C(c1c(F)cccc1Cl)N1CCN(c2ccc3c(c2)OCO3)CC1. The van der Waals surface area contributed by atoms with Crippen LogP contribution in [0.3, 0.4) is 0 Å². The molecule has 2 heterocycles. The summed E-state index contributed by atoms with van der Waals surface area (Å²) in [5.41, 5.74) is 0.959. The number of piperazine rings is 1. The molecule has 0 spiro atoms. The van der Waals surface area contributed by atoms with Gasteiger partial charge in [-0.25, -0.2) is 4.39 Å². The first-order valence-electron chi connectivity index (χ1n) is 8.01. The van der Waals surface area contributed by atoms with E-state index in [0.29, 0.717) is 26.2 Å². The largest absolute Gasteiger partial charge is 0.454 e. The lowest BCUT2D eigenvalue weighted by Gasteiger charge is -2.36. The summed E-state index contributed by atoms with van der Waals surface area (Å²) in [6, 6.07) is 10.1. The maximum Gasteiger partial charge on any atom is 0.258 e. The monoisotopic (exact) mass is 362 g/mol. The summed E-state index contributed by atoms with van der Waals surface area (Å²) in [6.07, 6.45) is 0. The third-order valence-corrected chi connectivity index (χ3v) is 4.78. The molecular formula is C18H16ClFN2O3. The molecule has 0 radical (unpaired) electrons. The van der Waals surface area contributed by atoms with Crippen molar-refractivity contribution in [1.82, 2.24) is 4.90 Å². The van der Waals surface area contributed by atoms with Crippen molar-refractivity contribution in [3.63, 3.8) is 0 Å². The Morgan fingerprint density at radius 1 is 1.04 bits per heavy atom. The van der Waals surface area contributed by atoms with E-state index in [-0.39, 0.29) is 23.3 Å². The molecule has 1 amide bonds. The van der Waals surface area contributed by atoms with E-state index in [9.17, 15) is 9.18 Å². The smallest absolute Gasteiger partial charge is 0.258 e. The fraction of sp³-hybridized carbons (Fsp3) is 0.278. The summed E-state index contributed by atoms with van der Waals surface area (Å²) in [4.78, 5) is 16.4. The molecule has 0 atom stereocenters. The molecule has 4 rings (SSSR count). The van der Waals surface area contributed by atoms with E-state index >= 15 is 0 Å². The van der Waals surface area contributed by atoms with Gasteiger partial charge in [0.1, 0.15) is 5.82 Å². The van der Waals surface area contributed by atoms with Gasteiger partial charge < -0.3 is 19.3 Å². The average molecular weight is 363 g/mol. The number of fused-ring (bicyclic) bond motifs is 1. The molecule has 5 nitrogen and oxygen atoms in total. The van der Waals surface area contributed by atoms with Crippen LogP contribution in [0.25, 0.3) is 0 Å². The molecule has 130 valence electrons. The van der Waals surface area contributed by atoms with Gasteiger partial charge in [-0.05, 0) is 24.3 Å². The molecule has 0 bridgehead atoms. The number of amides is 1. The minimum absolute atomic E-state index is 0.0549. The van der Waals surface area contributed by atoms with Crippen molar-refractivity contribution in [3.05, 3.63) is 52.8 Å². The molecule has 1 saturated heterocycles. The van der Waals surface area contributed by atoms with E-state index in [1.807, 2.05) is 18.2 Å². The van der Waals surface area contributed by atoms with Gasteiger partial charge in [-0.15, -0.1) is 0 Å². The van der Waals surface area contributed by atoms with Crippen LogP contribution < -0.4 is 14.4 Å². The van der Waals surface area contributed by atoms with Crippen LogP contribution in [0, 0.1) is 5.82 Å². The Balaban J connectivity index is 1.45. The zero-order valence-corrected chi connectivity index (χ0v) is 14.1. The molecule has 2 aliphatic heterocycles. The highest BCUT2D eigenvalue weighted by atomic mass is 35.5. The van der Waals surface area contributed by atoms with Gasteiger partial charge in [0.2, 0.25) is 6.79 Å². The number of halogens is 2. The van der Waals surface area contributed by atoms with E-state index in [4.69, 9.17) is 21.1 Å². The van der Waals surface area contributed by atoms with Crippen molar-refractivity contribution >= 4 is 23.2 Å². The molecule has 0 aliphatic carbocycles. The van der Waals surface area contributed by atoms with Crippen molar-refractivity contribution in [2.75, 3.05) is 37.9 Å². The summed E-state index contributed by atoms with van der Waals surface area (Å²) >= 11 is 6.00. The minimum atomic E-state index is -0.587. The van der Waals surface area contributed by atoms with E-state index in [0.717, 1.165) is 17.2 Å². The Labute approximate surface area is 149 Å². The summed E-state index contributed by atoms with van der Waals surface area (Å²) in [6.45, 7) is 2.54. The number of anilines is 1. The van der Waals surface area contributed by atoms with Crippen molar-refractivity contribution in [3.8, 4) is 11.5 Å². The fourth-order valence-electron chi connectivity index (χ4n) is 3.11. The number of ether oxygens (including phenoxy) is 2. The van der Waals surface area contributed by atoms with Gasteiger partial charge >= 0.3 is 0 Å². The Morgan fingerprint density at radius 3 is 2.56 bits per heavy atom. The normalized spacial score (nSPS) is 16.2.